The van der Waals surface area contributed by atoms with Crippen LogP contribution in [0.25, 0.3) is 0 Å². The third-order valence-electron chi connectivity index (χ3n) is 1.80. The number of nitrogens with two attached hydrogens (primary N) is 1. The van der Waals surface area contributed by atoms with E-state index in [1.54, 1.807) is 0 Å². The van der Waals surface area contributed by atoms with Crippen LogP contribution in [0.15, 0.2) is 0 Å². The number of quaternary nitrogens is 1. The molecule has 3 rings (SSSR count). The van der Waals surface area contributed by atoms with Gasteiger partial charge in [-0.15, -0.1) is 0 Å². The van der Waals surface area contributed by atoms with Crippen LogP contribution in [0.4, 0.5) is 0 Å². The molecule has 10 heavy (non-hydrogen) atoms. The van der Waals surface area contributed by atoms with Crippen LogP contribution in [-0.4, -0.2) is 28.9 Å². The molecule has 0 spiro atoms. The van der Waals surface area contributed by atoms with Crippen molar-refractivity contribution in [3.63, 3.8) is 0 Å². The topological polar surface area (TPSA) is 44.3 Å². The van der Waals surface area contributed by atoms with Gasteiger partial charge in [0.15, 0.2) is 0 Å². The highest BCUT2D eigenvalue weighted by molar-refractivity contribution is 6.65. The highest BCUT2D eigenvalue weighted by Crippen LogP contribution is 2.43. The molecular weight excluding hydrogens is 150 g/mol. The third-order valence-corrected chi connectivity index (χ3v) is 4.42. The molecule has 0 aliphatic carbocycles. The number of rotatable bonds is 4. The average molecular weight is 162 g/mol. The van der Waals surface area contributed by atoms with E-state index in [0.29, 0.717) is 0 Å². The zero-order valence-electron chi connectivity index (χ0n) is 6.00. The van der Waals surface area contributed by atoms with Crippen LogP contribution in [0, 0.1) is 0 Å². The predicted octanol–water partition coefficient (Wildman–Crippen LogP) is -1.13. The summed E-state index contributed by atoms with van der Waals surface area (Å²) in [5, 5.41) is 2.15. The molecule has 0 atom stereocenters. The van der Waals surface area contributed by atoms with Crippen molar-refractivity contribution in [1.82, 2.24) is 0 Å². The summed E-state index contributed by atoms with van der Waals surface area (Å²) in [7, 11) is 0.151. The van der Waals surface area contributed by atoms with E-state index in [4.69, 9.17) is 13.3 Å². The van der Waals surface area contributed by atoms with E-state index in [1.807, 2.05) is 0 Å². The first-order chi connectivity index (χ1) is 4.85. The van der Waals surface area contributed by atoms with E-state index in [0.717, 1.165) is 19.0 Å². The minimum Gasteiger partial charge on any atom is -0.349 e. The van der Waals surface area contributed by atoms with Crippen LogP contribution in [0.5, 0.6) is 0 Å². The van der Waals surface area contributed by atoms with Gasteiger partial charge in [0.25, 0.3) is 6.48 Å². The second kappa shape index (κ2) is 2.28. The summed E-state index contributed by atoms with van der Waals surface area (Å²) < 4.78 is 15.7. The number of hydrogen-bond donors (Lipinski definition) is 1. The standard InChI is InChI=1S/C5H11NO3Si/c1-6-3-2-4-10-7-5(8-10)9-10/h5-6H,2-4H2,1H3/p+1. The Labute approximate surface area is 60.8 Å². The minimum atomic E-state index is -1.91. The molecule has 0 radical (unpaired) electrons. The van der Waals surface area contributed by atoms with Crippen molar-refractivity contribution in [2.45, 2.75) is 18.9 Å². The van der Waals surface area contributed by atoms with Crippen LogP contribution in [0.2, 0.25) is 6.04 Å². The highest BCUT2D eigenvalue weighted by atomic mass is 28.4. The fourth-order valence-corrected chi connectivity index (χ4v) is 3.09. The van der Waals surface area contributed by atoms with Crippen LogP contribution in [0.3, 0.4) is 0 Å². The Bertz CT molecular complexity index is 126. The van der Waals surface area contributed by atoms with Gasteiger partial charge in [-0.3, -0.25) is 0 Å². The fourth-order valence-electron chi connectivity index (χ4n) is 1.17. The van der Waals surface area contributed by atoms with E-state index in [-0.39, 0.29) is 6.48 Å². The van der Waals surface area contributed by atoms with Crippen molar-refractivity contribution >= 4 is 8.80 Å². The van der Waals surface area contributed by atoms with Gasteiger partial charge in [0.05, 0.1) is 13.6 Å². The summed E-state index contributed by atoms with van der Waals surface area (Å²) >= 11 is 0. The van der Waals surface area contributed by atoms with E-state index in [2.05, 4.69) is 12.4 Å². The first-order valence-electron chi connectivity index (χ1n) is 3.66. The Morgan fingerprint density at radius 3 is 2.50 bits per heavy atom. The molecule has 0 aromatic rings. The molecule has 2 bridgehead atoms. The van der Waals surface area contributed by atoms with E-state index < -0.39 is 8.80 Å². The SMILES string of the molecule is C[NH2+]CCC[Si]12OC(O1)O2. The smallest absolute Gasteiger partial charge is 0.349 e. The Morgan fingerprint density at radius 2 is 2.10 bits per heavy atom. The Morgan fingerprint density at radius 1 is 1.40 bits per heavy atom. The molecule has 3 saturated heterocycles. The molecule has 0 aromatic heterocycles. The summed E-state index contributed by atoms with van der Waals surface area (Å²) in [6, 6.07) is 0.994. The lowest BCUT2D eigenvalue weighted by Gasteiger charge is -2.55. The van der Waals surface area contributed by atoms with Crippen molar-refractivity contribution in [3.05, 3.63) is 0 Å². The van der Waals surface area contributed by atoms with Crippen LogP contribution in [0.1, 0.15) is 6.42 Å². The summed E-state index contributed by atoms with van der Waals surface area (Å²) in [5.74, 6) is 0. The predicted molar refractivity (Wildman–Crippen MR) is 34.9 cm³/mol. The third kappa shape index (κ3) is 0.905. The van der Waals surface area contributed by atoms with Gasteiger partial charge in [0, 0.05) is 12.5 Å². The highest BCUT2D eigenvalue weighted by Gasteiger charge is 2.68. The van der Waals surface area contributed by atoms with Crippen molar-refractivity contribution in [2.24, 2.45) is 0 Å². The summed E-state index contributed by atoms with van der Waals surface area (Å²) in [4.78, 5) is 0. The van der Waals surface area contributed by atoms with Crippen molar-refractivity contribution < 1.29 is 18.6 Å². The molecule has 4 nitrogen and oxygen atoms in total. The monoisotopic (exact) mass is 162 g/mol. The lowest BCUT2D eigenvalue weighted by Crippen LogP contribution is -2.81. The molecule has 0 aromatic carbocycles. The summed E-state index contributed by atoms with van der Waals surface area (Å²) in [5.41, 5.74) is 0. The molecule has 58 valence electrons. The molecule has 3 aliphatic rings. The first-order valence-corrected chi connectivity index (χ1v) is 5.59. The number of hydrogen-bond acceptors (Lipinski definition) is 3. The second-order valence-electron chi connectivity index (χ2n) is 2.63. The Kier molecular flexibility index (Phi) is 1.54. The fraction of sp³-hybridized carbons (Fsp3) is 1.00. The lowest BCUT2D eigenvalue weighted by atomic mass is 10.5. The second-order valence-corrected chi connectivity index (χ2v) is 5.20. The molecule has 0 amide bonds. The maximum atomic E-state index is 5.24. The lowest BCUT2D eigenvalue weighted by molar-refractivity contribution is -0.627. The van der Waals surface area contributed by atoms with Crippen LogP contribution >= 0.6 is 0 Å². The van der Waals surface area contributed by atoms with Gasteiger partial charge in [0.1, 0.15) is 0 Å². The Hall–Kier alpha value is 0.0569. The molecule has 0 saturated carbocycles. The minimum absolute atomic E-state index is 0.266. The van der Waals surface area contributed by atoms with Crippen molar-refractivity contribution in [3.8, 4) is 0 Å². The molecule has 3 heterocycles. The molecule has 3 fully saturated rings. The van der Waals surface area contributed by atoms with Crippen molar-refractivity contribution in [1.29, 1.82) is 0 Å². The zero-order valence-corrected chi connectivity index (χ0v) is 7.00. The largest absolute Gasteiger partial charge is 0.512 e. The van der Waals surface area contributed by atoms with E-state index in [9.17, 15) is 0 Å². The molecule has 2 N–H and O–H groups in total. The molecule has 5 heteroatoms. The van der Waals surface area contributed by atoms with Gasteiger partial charge in [-0.1, -0.05) is 0 Å². The maximum absolute atomic E-state index is 5.24. The molecular formula is C5H12NO3Si+. The van der Waals surface area contributed by atoms with Gasteiger partial charge >= 0.3 is 8.80 Å². The summed E-state index contributed by atoms with van der Waals surface area (Å²) in [6.07, 6.45) is 1.13. The van der Waals surface area contributed by atoms with Crippen LogP contribution < -0.4 is 5.32 Å². The van der Waals surface area contributed by atoms with Crippen LogP contribution in [-0.2, 0) is 13.3 Å². The van der Waals surface area contributed by atoms with E-state index in [1.165, 1.54) is 0 Å². The average Bonchev–Trinajstić information content (AvgIpc) is 1.72. The normalized spacial score (nSPS) is 42.3. The zero-order chi connectivity index (χ0) is 7.03. The van der Waals surface area contributed by atoms with Gasteiger partial charge in [-0.05, 0) is 0 Å². The maximum Gasteiger partial charge on any atom is 0.512 e. The van der Waals surface area contributed by atoms with Crippen molar-refractivity contribution in [2.75, 3.05) is 13.6 Å². The first kappa shape index (κ1) is 6.75. The molecule has 3 aliphatic heterocycles. The molecule has 0 unspecified atom stereocenters. The van der Waals surface area contributed by atoms with Gasteiger partial charge in [-0.2, -0.15) is 0 Å². The van der Waals surface area contributed by atoms with Gasteiger partial charge in [0.2, 0.25) is 0 Å². The van der Waals surface area contributed by atoms with Gasteiger partial charge in [-0.25, -0.2) is 0 Å². The summed E-state index contributed by atoms with van der Waals surface area (Å²) in [6.45, 7) is 0.868. The quantitative estimate of drug-likeness (QED) is 0.420. The van der Waals surface area contributed by atoms with Gasteiger partial charge < -0.3 is 18.6 Å². The van der Waals surface area contributed by atoms with E-state index >= 15 is 0 Å². The Balaban J connectivity index is 1.62.